The molecule has 0 aromatic heterocycles. The van der Waals surface area contributed by atoms with E-state index in [4.69, 9.17) is 9.47 Å². The first-order valence-electron chi connectivity index (χ1n) is 13.5. The summed E-state index contributed by atoms with van der Waals surface area (Å²) in [6, 6.07) is 15.1. The Hall–Kier alpha value is -5.10. The largest absolute Gasteiger partial charge is 0.496 e. The summed E-state index contributed by atoms with van der Waals surface area (Å²) in [5.74, 6) is -3.69. The van der Waals surface area contributed by atoms with Crippen molar-refractivity contribution < 1.29 is 33.6 Å². The van der Waals surface area contributed by atoms with E-state index in [-0.39, 0.29) is 28.5 Å². The second-order valence-electron chi connectivity index (χ2n) is 10.4. The van der Waals surface area contributed by atoms with Crippen LogP contribution < -0.4 is 14.4 Å². The molecular formula is C32H24BrN3O8. The molecule has 2 amide bonds. The summed E-state index contributed by atoms with van der Waals surface area (Å²) in [4.78, 5) is 69.4. The van der Waals surface area contributed by atoms with Crippen LogP contribution in [0.5, 0.6) is 11.5 Å². The number of non-ortho nitro benzene ring substituents is 1. The summed E-state index contributed by atoms with van der Waals surface area (Å²) in [5, 5.41) is 11.6. The third kappa shape index (κ3) is 4.58. The summed E-state index contributed by atoms with van der Waals surface area (Å²) in [7, 11) is 2.81. The number of carbonyl (C=O) groups excluding carboxylic acids is 4. The number of ketones is 2. The van der Waals surface area contributed by atoms with Crippen LogP contribution in [-0.2, 0) is 9.59 Å². The molecular weight excluding hydrogens is 634 g/mol. The lowest BCUT2D eigenvalue weighted by atomic mass is 9.85. The Kier molecular flexibility index (Phi) is 7.38. The van der Waals surface area contributed by atoms with Crippen molar-refractivity contribution in [1.82, 2.24) is 4.90 Å². The highest BCUT2D eigenvalue weighted by Gasteiger charge is 2.64. The lowest BCUT2D eigenvalue weighted by Crippen LogP contribution is -2.46. The summed E-state index contributed by atoms with van der Waals surface area (Å²) in [5.41, 5.74) is 0.596. The third-order valence-corrected chi connectivity index (χ3v) is 8.79. The van der Waals surface area contributed by atoms with Gasteiger partial charge in [0.25, 0.3) is 5.69 Å². The van der Waals surface area contributed by atoms with Crippen LogP contribution in [0.2, 0.25) is 0 Å². The molecule has 4 atom stereocenters. The molecule has 6 rings (SSSR count). The predicted molar refractivity (Wildman–Crippen MR) is 162 cm³/mol. The van der Waals surface area contributed by atoms with Gasteiger partial charge < -0.3 is 14.4 Å². The number of amides is 2. The number of nitrogens with zero attached hydrogens (tertiary/aromatic N) is 3. The molecule has 3 aromatic carbocycles. The van der Waals surface area contributed by atoms with Crippen LogP contribution in [-0.4, -0.2) is 59.5 Å². The Morgan fingerprint density at radius 2 is 1.57 bits per heavy atom. The molecule has 0 radical (unpaired) electrons. The molecule has 0 N–H and O–H groups in total. The summed E-state index contributed by atoms with van der Waals surface area (Å²) in [6.45, 7) is 0. The van der Waals surface area contributed by atoms with Gasteiger partial charge in [-0.25, -0.2) is 4.90 Å². The minimum atomic E-state index is -1.16. The van der Waals surface area contributed by atoms with Crippen molar-refractivity contribution >= 4 is 50.7 Å². The highest BCUT2D eigenvalue weighted by molar-refractivity contribution is 9.10. The summed E-state index contributed by atoms with van der Waals surface area (Å²) in [6.07, 6.45) is 4.77. The minimum Gasteiger partial charge on any atom is -0.496 e. The SMILES string of the molecule is COc1ccc(C(=O)[C@@H]2[C@@H]3C(=O)N(c4cc([N+](=O)[O-])ccc4OC)C(=O)[C@H]3[C@H]3C=C(C(=O)c4ccccc4)C=CN32)cc1Br. The quantitative estimate of drug-likeness (QED) is 0.145. The molecule has 3 aliphatic heterocycles. The molecule has 3 heterocycles. The van der Waals surface area contributed by atoms with Gasteiger partial charge in [-0.15, -0.1) is 0 Å². The van der Waals surface area contributed by atoms with Crippen LogP contribution in [0.4, 0.5) is 11.4 Å². The summed E-state index contributed by atoms with van der Waals surface area (Å²) < 4.78 is 11.2. The van der Waals surface area contributed by atoms with E-state index in [2.05, 4.69) is 15.9 Å². The first-order valence-corrected chi connectivity index (χ1v) is 14.3. The lowest BCUT2D eigenvalue weighted by molar-refractivity contribution is -0.384. The number of nitro groups is 1. The number of methoxy groups -OCH3 is 2. The monoisotopic (exact) mass is 657 g/mol. The Labute approximate surface area is 259 Å². The molecule has 11 nitrogen and oxygen atoms in total. The lowest BCUT2D eigenvalue weighted by Gasteiger charge is -2.33. The van der Waals surface area contributed by atoms with E-state index in [0.717, 1.165) is 11.0 Å². The zero-order valence-corrected chi connectivity index (χ0v) is 25.0. The van der Waals surface area contributed by atoms with Crippen molar-refractivity contribution in [3.05, 3.63) is 116 Å². The van der Waals surface area contributed by atoms with Gasteiger partial charge in [-0.1, -0.05) is 36.4 Å². The molecule has 44 heavy (non-hydrogen) atoms. The number of benzene rings is 3. The maximum absolute atomic E-state index is 14.2. The van der Waals surface area contributed by atoms with Crippen LogP contribution in [0.25, 0.3) is 0 Å². The van der Waals surface area contributed by atoms with Gasteiger partial charge in [0.15, 0.2) is 11.6 Å². The van der Waals surface area contributed by atoms with Gasteiger partial charge in [0, 0.05) is 35.0 Å². The van der Waals surface area contributed by atoms with Crippen molar-refractivity contribution in [2.75, 3.05) is 19.1 Å². The average molecular weight is 658 g/mol. The van der Waals surface area contributed by atoms with Crippen molar-refractivity contribution in [2.45, 2.75) is 12.1 Å². The number of carbonyl (C=O) groups is 4. The Morgan fingerprint density at radius 3 is 2.23 bits per heavy atom. The van der Waals surface area contributed by atoms with Crippen molar-refractivity contribution in [3.63, 3.8) is 0 Å². The predicted octanol–water partition coefficient (Wildman–Crippen LogP) is 4.75. The number of hydrogen-bond donors (Lipinski definition) is 0. The number of imide groups is 1. The van der Waals surface area contributed by atoms with Gasteiger partial charge >= 0.3 is 0 Å². The van der Waals surface area contributed by atoms with Gasteiger partial charge in [-0.3, -0.25) is 29.3 Å². The Morgan fingerprint density at radius 1 is 0.886 bits per heavy atom. The van der Waals surface area contributed by atoms with Crippen molar-refractivity contribution in [3.8, 4) is 11.5 Å². The second-order valence-corrected chi connectivity index (χ2v) is 11.3. The van der Waals surface area contributed by atoms with E-state index in [1.54, 1.807) is 71.8 Å². The topological polar surface area (TPSA) is 136 Å². The van der Waals surface area contributed by atoms with Gasteiger partial charge in [0.05, 0.1) is 41.5 Å². The first kappa shape index (κ1) is 29.0. The van der Waals surface area contributed by atoms with E-state index < -0.39 is 46.4 Å². The smallest absolute Gasteiger partial charge is 0.271 e. The van der Waals surface area contributed by atoms with Crippen molar-refractivity contribution in [1.29, 1.82) is 0 Å². The standard InChI is InChI=1S/C32H24BrN3O8/c1-43-24-10-8-18(14-21(24)33)30(38)28-27-26(23-15-19(12-13-34(23)28)29(37)17-6-4-3-5-7-17)31(39)35(32(27)40)22-16-20(36(41)42)9-11-25(22)44-2/h3-16,23,26-28H,1-2H3/t23-,26+,27-,28+/m1/s1. The molecule has 3 aliphatic rings. The zero-order valence-electron chi connectivity index (χ0n) is 23.4. The fraction of sp³-hybridized carbons (Fsp3) is 0.188. The van der Waals surface area contributed by atoms with Crippen LogP contribution in [0.3, 0.4) is 0 Å². The number of fused-ring (bicyclic) bond motifs is 3. The number of rotatable bonds is 8. The first-order chi connectivity index (χ1) is 21.2. The van der Waals surface area contributed by atoms with Crippen LogP contribution >= 0.6 is 15.9 Å². The van der Waals surface area contributed by atoms with E-state index in [1.807, 2.05) is 0 Å². The van der Waals surface area contributed by atoms with E-state index in [9.17, 15) is 29.3 Å². The molecule has 3 aromatic rings. The molecule has 0 aliphatic carbocycles. The van der Waals surface area contributed by atoms with E-state index >= 15 is 0 Å². The molecule has 12 heteroatoms. The summed E-state index contributed by atoms with van der Waals surface area (Å²) >= 11 is 3.40. The fourth-order valence-electron chi connectivity index (χ4n) is 6.15. The number of nitro benzene ring substituents is 1. The number of halogens is 1. The normalized spacial score (nSPS) is 21.9. The van der Waals surface area contributed by atoms with E-state index in [0.29, 0.717) is 21.4 Å². The van der Waals surface area contributed by atoms with Gasteiger partial charge in [-0.2, -0.15) is 0 Å². The molecule has 0 unspecified atom stereocenters. The minimum absolute atomic E-state index is 0.0788. The highest BCUT2D eigenvalue weighted by atomic mass is 79.9. The van der Waals surface area contributed by atoms with Crippen LogP contribution in [0.1, 0.15) is 20.7 Å². The number of anilines is 1. The fourth-order valence-corrected chi connectivity index (χ4v) is 6.69. The van der Waals surface area contributed by atoms with Gasteiger partial charge in [0.2, 0.25) is 11.8 Å². The van der Waals surface area contributed by atoms with Gasteiger partial charge in [0.1, 0.15) is 23.2 Å². The maximum Gasteiger partial charge on any atom is 0.271 e. The van der Waals surface area contributed by atoms with Crippen LogP contribution in [0, 0.1) is 22.0 Å². The Balaban J connectivity index is 1.47. The van der Waals surface area contributed by atoms with Crippen LogP contribution in [0.15, 0.2) is 95.1 Å². The van der Waals surface area contributed by atoms with E-state index in [1.165, 1.54) is 26.4 Å². The number of allylic oxidation sites excluding steroid dienone is 2. The average Bonchev–Trinajstić information content (AvgIpc) is 3.51. The highest BCUT2D eigenvalue weighted by Crippen LogP contribution is 2.49. The number of ether oxygens (including phenoxy) is 2. The molecule has 222 valence electrons. The molecule has 0 saturated carbocycles. The maximum atomic E-state index is 14.2. The Bertz CT molecular complexity index is 1800. The second kappa shape index (κ2) is 11.2. The third-order valence-electron chi connectivity index (χ3n) is 8.17. The molecule has 0 spiro atoms. The molecule has 2 fully saturated rings. The van der Waals surface area contributed by atoms with Gasteiger partial charge in [-0.05, 0) is 46.3 Å². The molecule has 0 bridgehead atoms. The zero-order chi connectivity index (χ0) is 31.3. The number of Topliss-reactive ketones (excluding diaryl/α,β-unsaturated/α-hetero) is 2. The molecule has 2 saturated heterocycles. The van der Waals surface area contributed by atoms with Crippen molar-refractivity contribution in [2.24, 2.45) is 11.8 Å². The number of hydrogen-bond acceptors (Lipinski definition) is 9.